The highest BCUT2D eigenvalue weighted by molar-refractivity contribution is 7.99. The molecular weight excluding hydrogens is 441 g/mol. The second-order valence-electron chi connectivity index (χ2n) is 6.00. The Bertz CT molecular complexity index is 1110. The Labute approximate surface area is 178 Å². The number of carbonyl (C=O) groups is 1. The van der Waals surface area contributed by atoms with Gasteiger partial charge in [-0.1, -0.05) is 35.5 Å². The van der Waals surface area contributed by atoms with Crippen LogP contribution in [0.4, 0.5) is 24.5 Å². The first-order chi connectivity index (χ1) is 14.1. The summed E-state index contributed by atoms with van der Waals surface area (Å²) in [5, 5.41) is 14.3. The van der Waals surface area contributed by atoms with E-state index in [1.165, 1.54) is 12.1 Å². The predicted octanol–water partition coefficient (Wildman–Crippen LogP) is 6.67. The molecule has 0 aromatic heterocycles. The average Bonchev–Trinajstić information content (AvgIpc) is 2.69. The Morgan fingerprint density at radius 2 is 1.67 bits per heavy atom. The molecular formula is C20H12ClF3N2O3S. The van der Waals surface area contributed by atoms with Gasteiger partial charge in [0.15, 0.2) is 0 Å². The van der Waals surface area contributed by atoms with Crippen LogP contribution < -0.4 is 5.32 Å². The largest absolute Gasteiger partial charge is 0.416 e. The molecule has 0 heterocycles. The van der Waals surface area contributed by atoms with Crippen molar-refractivity contribution in [2.75, 3.05) is 5.32 Å². The van der Waals surface area contributed by atoms with Crippen molar-refractivity contribution in [3.05, 3.63) is 93.0 Å². The Morgan fingerprint density at radius 1 is 1.00 bits per heavy atom. The smallest absolute Gasteiger partial charge is 0.322 e. The normalized spacial score (nSPS) is 11.2. The minimum absolute atomic E-state index is 0.00916. The fourth-order valence-corrected chi connectivity index (χ4v) is 3.65. The SMILES string of the molecule is O=C(Nc1ccc(C(F)(F)F)cc1)c1ccc(Sc2ccccc2Cl)c([N+](=O)[O-])c1. The number of hydrogen-bond donors (Lipinski definition) is 1. The van der Waals surface area contributed by atoms with E-state index >= 15 is 0 Å². The maximum atomic E-state index is 12.6. The van der Waals surface area contributed by atoms with Gasteiger partial charge >= 0.3 is 6.18 Å². The number of alkyl halides is 3. The fourth-order valence-electron chi connectivity index (χ4n) is 2.48. The van der Waals surface area contributed by atoms with E-state index in [0.717, 1.165) is 42.1 Å². The van der Waals surface area contributed by atoms with Crippen LogP contribution in [0.1, 0.15) is 15.9 Å². The summed E-state index contributed by atoms with van der Waals surface area (Å²) in [6.45, 7) is 0. The van der Waals surface area contributed by atoms with Gasteiger partial charge in [-0.25, -0.2) is 0 Å². The number of nitrogens with zero attached hydrogens (tertiary/aromatic N) is 1. The third-order valence-corrected chi connectivity index (χ3v) is 5.53. The highest BCUT2D eigenvalue weighted by Gasteiger charge is 2.30. The van der Waals surface area contributed by atoms with Gasteiger partial charge in [0.1, 0.15) is 0 Å². The summed E-state index contributed by atoms with van der Waals surface area (Å²) >= 11 is 7.18. The molecule has 5 nitrogen and oxygen atoms in total. The van der Waals surface area contributed by atoms with Crippen molar-refractivity contribution in [1.82, 2.24) is 0 Å². The van der Waals surface area contributed by atoms with E-state index in [9.17, 15) is 28.1 Å². The number of benzene rings is 3. The third-order valence-electron chi connectivity index (χ3n) is 3.94. The highest BCUT2D eigenvalue weighted by atomic mass is 35.5. The molecule has 154 valence electrons. The van der Waals surface area contributed by atoms with Crippen LogP contribution in [-0.2, 0) is 6.18 Å². The van der Waals surface area contributed by atoms with Crippen molar-refractivity contribution < 1.29 is 22.9 Å². The van der Waals surface area contributed by atoms with Crippen molar-refractivity contribution in [2.24, 2.45) is 0 Å². The molecule has 0 aliphatic rings. The monoisotopic (exact) mass is 452 g/mol. The minimum Gasteiger partial charge on any atom is -0.322 e. The van der Waals surface area contributed by atoms with Crippen LogP contribution in [0.15, 0.2) is 76.5 Å². The number of nitro groups is 1. The Hall–Kier alpha value is -3.04. The Kier molecular flexibility index (Phi) is 6.33. The Morgan fingerprint density at radius 3 is 2.27 bits per heavy atom. The fraction of sp³-hybridized carbons (Fsp3) is 0.0500. The van der Waals surface area contributed by atoms with Crippen molar-refractivity contribution in [1.29, 1.82) is 0 Å². The predicted molar refractivity (Wildman–Crippen MR) is 108 cm³/mol. The topological polar surface area (TPSA) is 72.2 Å². The van der Waals surface area contributed by atoms with Gasteiger partial charge in [0, 0.05) is 22.2 Å². The lowest BCUT2D eigenvalue weighted by molar-refractivity contribution is -0.387. The van der Waals surface area contributed by atoms with Gasteiger partial charge in [0.25, 0.3) is 11.6 Å². The zero-order valence-corrected chi connectivity index (χ0v) is 16.5. The molecule has 0 aliphatic heterocycles. The lowest BCUT2D eigenvalue weighted by Gasteiger charge is -2.10. The maximum absolute atomic E-state index is 12.6. The molecule has 0 bridgehead atoms. The molecule has 0 saturated carbocycles. The van der Waals surface area contributed by atoms with Gasteiger partial charge in [0.05, 0.1) is 20.4 Å². The number of hydrogen-bond acceptors (Lipinski definition) is 4. The maximum Gasteiger partial charge on any atom is 0.416 e. The van der Waals surface area contributed by atoms with Crippen LogP contribution in [0, 0.1) is 10.1 Å². The van der Waals surface area contributed by atoms with E-state index < -0.39 is 22.6 Å². The van der Waals surface area contributed by atoms with Crippen molar-refractivity contribution in [3.63, 3.8) is 0 Å². The molecule has 3 aromatic rings. The summed E-state index contributed by atoms with van der Waals surface area (Å²) in [7, 11) is 0. The summed E-state index contributed by atoms with van der Waals surface area (Å²) in [4.78, 5) is 24.2. The van der Waals surface area contributed by atoms with Gasteiger partial charge in [0.2, 0.25) is 0 Å². The van der Waals surface area contributed by atoms with Crippen LogP contribution in [0.3, 0.4) is 0 Å². The molecule has 0 unspecified atom stereocenters. The number of rotatable bonds is 5. The molecule has 10 heteroatoms. The average molecular weight is 453 g/mol. The molecule has 1 amide bonds. The summed E-state index contributed by atoms with van der Waals surface area (Å²) in [6, 6.07) is 14.7. The molecule has 30 heavy (non-hydrogen) atoms. The molecule has 0 atom stereocenters. The molecule has 3 rings (SSSR count). The summed E-state index contributed by atoms with van der Waals surface area (Å²) in [5.74, 6) is -0.688. The number of carbonyl (C=O) groups excluding carboxylic acids is 1. The molecule has 0 saturated heterocycles. The summed E-state index contributed by atoms with van der Waals surface area (Å²) in [5.41, 5.74) is -1.02. The number of anilines is 1. The third kappa shape index (κ3) is 5.11. The number of amides is 1. The quantitative estimate of drug-likeness (QED) is 0.346. The van der Waals surface area contributed by atoms with Crippen LogP contribution >= 0.6 is 23.4 Å². The van der Waals surface area contributed by atoms with E-state index in [1.54, 1.807) is 24.3 Å². The molecule has 0 spiro atoms. The van der Waals surface area contributed by atoms with Crippen LogP contribution in [0.25, 0.3) is 0 Å². The van der Waals surface area contributed by atoms with Gasteiger partial charge in [-0.15, -0.1) is 0 Å². The molecule has 3 aromatic carbocycles. The van der Waals surface area contributed by atoms with Crippen molar-refractivity contribution in [3.8, 4) is 0 Å². The van der Waals surface area contributed by atoms with E-state index in [4.69, 9.17) is 11.6 Å². The van der Waals surface area contributed by atoms with Crippen LogP contribution in [0.2, 0.25) is 5.02 Å². The van der Waals surface area contributed by atoms with Gasteiger partial charge < -0.3 is 5.32 Å². The minimum atomic E-state index is -4.49. The van der Waals surface area contributed by atoms with Gasteiger partial charge in [-0.2, -0.15) is 13.2 Å². The standard InChI is InChI=1S/C20H12ClF3N2O3S/c21-15-3-1-2-4-17(15)30-18-10-5-12(11-16(18)26(28)29)19(27)25-14-8-6-13(7-9-14)20(22,23)24/h1-11H,(H,25,27). The van der Waals surface area contributed by atoms with E-state index in [1.807, 2.05) is 0 Å². The van der Waals surface area contributed by atoms with E-state index in [-0.39, 0.29) is 16.9 Å². The molecule has 1 N–H and O–H groups in total. The van der Waals surface area contributed by atoms with E-state index in [0.29, 0.717) is 14.8 Å². The first-order valence-electron chi connectivity index (χ1n) is 8.34. The van der Waals surface area contributed by atoms with Crippen molar-refractivity contribution >= 4 is 40.6 Å². The van der Waals surface area contributed by atoms with Crippen LogP contribution in [0.5, 0.6) is 0 Å². The number of nitro benzene ring substituents is 1. The molecule has 0 radical (unpaired) electrons. The number of nitrogens with one attached hydrogen (secondary N) is 1. The lowest BCUT2D eigenvalue weighted by atomic mass is 10.1. The van der Waals surface area contributed by atoms with Crippen LogP contribution in [-0.4, -0.2) is 10.8 Å². The van der Waals surface area contributed by atoms with Gasteiger partial charge in [-0.05, 0) is 48.5 Å². The zero-order valence-electron chi connectivity index (χ0n) is 14.9. The second kappa shape index (κ2) is 8.76. The summed E-state index contributed by atoms with van der Waals surface area (Å²) < 4.78 is 37.9. The first-order valence-corrected chi connectivity index (χ1v) is 9.54. The van der Waals surface area contributed by atoms with E-state index in [2.05, 4.69) is 5.32 Å². The zero-order chi connectivity index (χ0) is 21.9. The molecule has 0 aliphatic carbocycles. The van der Waals surface area contributed by atoms with Crippen molar-refractivity contribution in [2.45, 2.75) is 16.0 Å². The number of halogens is 4. The second-order valence-corrected chi connectivity index (χ2v) is 7.49. The Balaban J connectivity index is 1.82. The van der Waals surface area contributed by atoms with Gasteiger partial charge in [-0.3, -0.25) is 14.9 Å². The lowest BCUT2D eigenvalue weighted by Crippen LogP contribution is -2.13. The highest BCUT2D eigenvalue weighted by Crippen LogP contribution is 2.38. The summed E-state index contributed by atoms with van der Waals surface area (Å²) in [6.07, 6.45) is -4.49. The molecule has 0 fully saturated rings. The first kappa shape index (κ1) is 21.7.